The number of carbonyl (C=O) groups is 3. The molecule has 77 heavy (non-hydrogen) atoms. The zero-order valence-corrected chi connectivity index (χ0v) is 47.8. The molecule has 0 aromatic heterocycles. The molecule has 5 saturated heterocycles. The van der Waals surface area contributed by atoms with Gasteiger partial charge in [-0.05, 0) is 119 Å². The minimum atomic E-state index is -1.86. The van der Waals surface area contributed by atoms with Gasteiger partial charge < -0.3 is 83.4 Å². The smallest absolute Gasteiger partial charge is 0.414 e. The van der Waals surface area contributed by atoms with Crippen molar-refractivity contribution in [1.82, 2.24) is 15.1 Å². The lowest BCUT2D eigenvalue weighted by Crippen LogP contribution is -2.60. The summed E-state index contributed by atoms with van der Waals surface area (Å²) in [6, 6.07) is 3.53. The number of hydrogen-bond donors (Lipinski definition) is 6. The number of aliphatic hydroxyl groups excluding tert-OH is 3. The minimum Gasteiger partial charge on any atom is -0.459 e. The molecule has 0 unspecified atom stereocenters. The molecule has 5 aliphatic rings. The molecule has 5 aliphatic heterocycles. The largest absolute Gasteiger partial charge is 0.459 e. The molecule has 0 radical (unpaired) electrons. The molecule has 2 amide bonds. The number of anilines is 2. The molecule has 5 heterocycles. The number of morpholine rings is 1. The van der Waals surface area contributed by atoms with Gasteiger partial charge in [0.05, 0.1) is 79.2 Å². The molecular weight excluding hydrogens is 1010 g/mol. The first-order valence-corrected chi connectivity index (χ1v) is 27.8. The van der Waals surface area contributed by atoms with Crippen LogP contribution in [0.1, 0.15) is 108 Å². The lowest BCUT2D eigenvalue weighted by Gasteiger charge is -2.49. The van der Waals surface area contributed by atoms with E-state index in [1.165, 1.54) is 25.0 Å². The van der Waals surface area contributed by atoms with E-state index in [0.29, 0.717) is 63.6 Å². The topological polar surface area (TPSA) is 251 Å². The molecule has 22 heteroatoms. The van der Waals surface area contributed by atoms with Gasteiger partial charge in [0.2, 0.25) is 5.91 Å². The highest BCUT2D eigenvalue weighted by Crippen LogP contribution is 2.41. The Labute approximate surface area is 454 Å². The number of ether oxygens (including phenoxy) is 8. The third kappa shape index (κ3) is 15.0. The van der Waals surface area contributed by atoms with Crippen molar-refractivity contribution in [2.75, 3.05) is 83.5 Å². The summed E-state index contributed by atoms with van der Waals surface area (Å²) >= 11 is 0. The van der Waals surface area contributed by atoms with Gasteiger partial charge >= 0.3 is 12.1 Å². The van der Waals surface area contributed by atoms with Gasteiger partial charge in [0.25, 0.3) is 0 Å². The first-order chi connectivity index (χ1) is 36.1. The highest BCUT2D eigenvalue weighted by Gasteiger charge is 2.53. The van der Waals surface area contributed by atoms with Crippen molar-refractivity contribution < 1.29 is 82.2 Å². The van der Waals surface area contributed by atoms with Gasteiger partial charge in [0.15, 0.2) is 12.6 Å². The number of cyclic esters (lactones) is 2. The molecule has 19 atom stereocenters. The molecule has 0 saturated carbocycles. The fourth-order valence-electron chi connectivity index (χ4n) is 12.2. The number of nitrogens with one attached hydrogen (secondary N) is 1. The van der Waals surface area contributed by atoms with Gasteiger partial charge in [-0.3, -0.25) is 14.5 Å². The van der Waals surface area contributed by atoms with Crippen LogP contribution in [0, 0.1) is 23.6 Å². The maximum atomic E-state index is 15.2. The summed E-state index contributed by atoms with van der Waals surface area (Å²) in [7, 11) is 5.15. The summed E-state index contributed by atoms with van der Waals surface area (Å²) < 4.78 is 64.2. The number of nitrogens with zero attached hydrogens (tertiary/aromatic N) is 4. The number of hydrogen-bond acceptors (Lipinski definition) is 19. The van der Waals surface area contributed by atoms with E-state index in [2.05, 4.69) is 5.32 Å². The van der Waals surface area contributed by atoms with Crippen LogP contribution in [-0.4, -0.2) is 223 Å². The average molecular weight is 1100 g/mol. The Hall–Kier alpha value is -3.36. The second-order valence-corrected chi connectivity index (χ2v) is 23.4. The lowest BCUT2D eigenvalue weighted by molar-refractivity contribution is -0.318. The van der Waals surface area contributed by atoms with Gasteiger partial charge in [-0.1, -0.05) is 20.8 Å². The number of halogens is 1. The van der Waals surface area contributed by atoms with Crippen molar-refractivity contribution in [3.8, 4) is 0 Å². The fraction of sp³-hybridized carbons (Fsp3) is 0.836. The van der Waals surface area contributed by atoms with Crippen LogP contribution in [0.2, 0.25) is 0 Å². The zero-order valence-electron chi connectivity index (χ0n) is 47.8. The Kier molecular flexibility index (Phi) is 21.6. The second-order valence-electron chi connectivity index (χ2n) is 23.4. The molecule has 1 aromatic rings. The average Bonchev–Trinajstić information content (AvgIpc) is 3.76. The Morgan fingerprint density at radius 1 is 0.948 bits per heavy atom. The molecule has 21 nitrogen and oxygen atoms in total. The van der Waals surface area contributed by atoms with Crippen molar-refractivity contribution in [2.24, 2.45) is 17.8 Å². The Morgan fingerprint density at radius 2 is 1.64 bits per heavy atom. The number of esters is 1. The number of methoxy groups -OCH3 is 1. The first-order valence-electron chi connectivity index (χ1n) is 27.8. The number of benzene rings is 1. The van der Waals surface area contributed by atoms with E-state index >= 15 is 4.39 Å². The second kappa shape index (κ2) is 26.5. The maximum absolute atomic E-state index is 15.2. The number of likely N-dealkylation sites (N-methyl/N-ethyl adjacent to an activating group) is 2. The summed E-state index contributed by atoms with van der Waals surface area (Å²) in [6.45, 7) is 20.4. The standard InChI is InChI=1S/C55H92FN5O16/c1-14-42-55(10,69)47(64)35(6)59(12)29-31(2)26-53(8,68)49(33(4)46(34(5)50(66)75-42)76-44-27-54(9,70-13)48(65)36(7)73-44)77-51-45(63)41(24-32(3)72-51)58(11)19-15-16-43(62)57-28-38-30-61(52(67)74-38)37-17-18-40(39(56)25-37)60-20-22-71-23-21-60/h17-18,25,31-36,38,41-42,44-49,51,63-65,68-69H,14-16,19-24,26-30H2,1-13H3,(H,57,62)/t31-,32-,33+,34-,35-,36+,38+,41+,42-,44+,45-,46+,47-,48+,49-,51+,53-,54-,55-/m1/s1. The third-order valence-electron chi connectivity index (χ3n) is 17.0. The molecule has 5 fully saturated rings. The number of carbonyl (C=O) groups excluding carboxylic acids is 3. The van der Waals surface area contributed by atoms with E-state index in [4.69, 9.17) is 37.9 Å². The van der Waals surface area contributed by atoms with Crippen molar-refractivity contribution >= 4 is 29.3 Å². The van der Waals surface area contributed by atoms with Crippen molar-refractivity contribution in [1.29, 1.82) is 0 Å². The number of aliphatic hydroxyl groups is 5. The van der Waals surface area contributed by atoms with Crippen LogP contribution < -0.4 is 15.1 Å². The van der Waals surface area contributed by atoms with E-state index in [-0.39, 0.29) is 50.6 Å². The molecule has 440 valence electrons. The predicted molar refractivity (Wildman–Crippen MR) is 282 cm³/mol. The van der Waals surface area contributed by atoms with Crippen molar-refractivity contribution in [2.45, 2.75) is 204 Å². The highest BCUT2D eigenvalue weighted by atomic mass is 19.1. The Morgan fingerprint density at radius 3 is 2.29 bits per heavy atom. The maximum Gasteiger partial charge on any atom is 0.414 e. The van der Waals surface area contributed by atoms with Crippen LogP contribution >= 0.6 is 0 Å². The summed E-state index contributed by atoms with van der Waals surface area (Å²) in [6.07, 6.45) is -10.4. The quantitative estimate of drug-likeness (QED) is 0.138. The molecule has 6 rings (SSSR count). The predicted octanol–water partition coefficient (Wildman–Crippen LogP) is 3.17. The monoisotopic (exact) mass is 1100 g/mol. The van der Waals surface area contributed by atoms with Crippen LogP contribution in [-0.2, 0) is 47.5 Å². The van der Waals surface area contributed by atoms with E-state index in [1.54, 1.807) is 60.6 Å². The summed E-state index contributed by atoms with van der Waals surface area (Å²) in [5, 5.41) is 62.5. The summed E-state index contributed by atoms with van der Waals surface area (Å²) in [5.74, 6) is -3.64. The van der Waals surface area contributed by atoms with Gasteiger partial charge in [-0.15, -0.1) is 0 Å². The van der Waals surface area contributed by atoms with Crippen molar-refractivity contribution in [3.63, 3.8) is 0 Å². The van der Waals surface area contributed by atoms with E-state index < -0.39 is 126 Å². The molecular formula is C55H92FN5O16. The Bertz CT molecular complexity index is 2110. The number of amides is 2. The van der Waals surface area contributed by atoms with Gasteiger partial charge in [0, 0.05) is 57.6 Å². The first kappa shape index (κ1) is 62.8. The third-order valence-corrected chi connectivity index (χ3v) is 17.0. The molecule has 1 aromatic carbocycles. The lowest BCUT2D eigenvalue weighted by atomic mass is 9.77. The van der Waals surface area contributed by atoms with Gasteiger partial charge in [0.1, 0.15) is 41.9 Å². The van der Waals surface area contributed by atoms with E-state index in [1.807, 2.05) is 42.6 Å². The summed E-state index contributed by atoms with van der Waals surface area (Å²) in [4.78, 5) is 47.6. The van der Waals surface area contributed by atoms with Crippen LogP contribution in [0.15, 0.2) is 18.2 Å². The number of rotatable bonds is 15. The van der Waals surface area contributed by atoms with E-state index in [0.717, 1.165) is 0 Å². The van der Waals surface area contributed by atoms with E-state index in [9.17, 15) is 39.9 Å². The Balaban J connectivity index is 1.15. The molecule has 0 spiro atoms. The normalized spacial score (nSPS) is 40.4. The molecule has 6 N–H and O–H groups in total. The van der Waals surface area contributed by atoms with Gasteiger partial charge in [-0.2, -0.15) is 0 Å². The highest BCUT2D eigenvalue weighted by molar-refractivity contribution is 5.90. The molecule has 0 bridgehead atoms. The summed E-state index contributed by atoms with van der Waals surface area (Å²) in [5.41, 5.74) is -3.83. The fourth-order valence-corrected chi connectivity index (χ4v) is 12.2. The minimum absolute atomic E-state index is 0.0667. The van der Waals surface area contributed by atoms with Crippen LogP contribution in [0.25, 0.3) is 0 Å². The van der Waals surface area contributed by atoms with Crippen LogP contribution in [0.3, 0.4) is 0 Å². The van der Waals surface area contributed by atoms with Crippen molar-refractivity contribution in [3.05, 3.63) is 24.0 Å². The van der Waals surface area contributed by atoms with Crippen LogP contribution in [0.5, 0.6) is 0 Å². The SMILES string of the molecule is CC[C@H]1OC(=O)[C@H](C)[C@@H](O[C@H]2C[C@@](C)(OC)[C@@H](O)[C@H](C)O2)[C@H](C)[C@@H](O[C@@H]2O[C@H](C)C[C@H](N(C)CCCC(=O)NC[C@H]3CN(c4ccc(N5CCOCC5)c(F)c4)C(=O)O3)[C@H]2O)[C@](C)(O)C[C@@H](C)CN(C)[C@H](C)[C@@H](O)[C@]1(C)O. The van der Waals surface area contributed by atoms with Crippen LogP contribution in [0.4, 0.5) is 20.6 Å². The zero-order chi connectivity index (χ0) is 56.9. The molecule has 0 aliphatic carbocycles. The van der Waals surface area contributed by atoms with Gasteiger partial charge in [-0.25, -0.2) is 9.18 Å².